The molecule has 3 rings (SSSR count). The van der Waals surface area contributed by atoms with Crippen molar-refractivity contribution in [2.24, 2.45) is 0 Å². The highest BCUT2D eigenvalue weighted by Crippen LogP contribution is 2.12. The molecule has 1 aliphatic rings. The minimum atomic E-state index is -2.19. The molecule has 0 spiro atoms. The van der Waals surface area contributed by atoms with Crippen LogP contribution in [-0.4, -0.2) is 95.8 Å². The molecule has 2 aromatic rings. The SMILES string of the molecule is CCOC(=O)[C@@H](NC(=O)[C@H](Cc1ccccc1)NC(=O)[C@H](Cc1ccccc1)NC(=O)CNC(=O)O)N1CC(F)C(=O)NC1=O. The molecule has 0 aromatic heterocycles. The number of amides is 7. The zero-order valence-electron chi connectivity index (χ0n) is 24.2. The van der Waals surface area contributed by atoms with Crippen LogP contribution in [0.4, 0.5) is 14.0 Å². The monoisotopic (exact) mass is 628 g/mol. The highest BCUT2D eigenvalue weighted by atomic mass is 19.1. The smallest absolute Gasteiger partial charge is 0.405 e. The van der Waals surface area contributed by atoms with Gasteiger partial charge in [-0.3, -0.25) is 29.4 Å². The number of urea groups is 1. The maximum Gasteiger partial charge on any atom is 0.405 e. The summed E-state index contributed by atoms with van der Waals surface area (Å²) in [6, 6.07) is 13.2. The lowest BCUT2D eigenvalue weighted by Gasteiger charge is -2.35. The standard InChI is InChI=1S/C29H33FN6O9/c1-2-45-27(41)23(36-16-19(30)24(38)35-28(36)42)34-26(40)21(14-18-11-7-4-8-12-18)33-25(39)20(13-17-9-5-3-6-10-17)32-22(37)15-31-29(43)44/h3-12,19-21,23,31H,2,13-16H2,1H3,(H,32,37)(H,33,39)(H,34,40)(H,43,44)(H,35,38,42)/t19?,20-,21-,23-/m0/s1. The van der Waals surface area contributed by atoms with E-state index in [0.717, 1.165) is 0 Å². The van der Waals surface area contributed by atoms with E-state index < -0.39 is 79.2 Å². The minimum Gasteiger partial charge on any atom is -0.465 e. The predicted molar refractivity (Wildman–Crippen MR) is 154 cm³/mol. The largest absolute Gasteiger partial charge is 0.465 e. The Labute approximate surface area is 256 Å². The van der Waals surface area contributed by atoms with E-state index in [0.29, 0.717) is 16.0 Å². The minimum absolute atomic E-state index is 0.0313. The van der Waals surface area contributed by atoms with E-state index in [2.05, 4.69) is 16.0 Å². The van der Waals surface area contributed by atoms with E-state index in [-0.39, 0.29) is 19.4 Å². The van der Waals surface area contributed by atoms with Gasteiger partial charge in [0.05, 0.1) is 13.2 Å². The second-order valence-corrected chi connectivity index (χ2v) is 9.80. The summed E-state index contributed by atoms with van der Waals surface area (Å²) in [6.07, 6.45) is -5.64. The van der Waals surface area contributed by atoms with Crippen molar-refractivity contribution < 1.29 is 47.8 Å². The van der Waals surface area contributed by atoms with Gasteiger partial charge < -0.3 is 31.1 Å². The first-order valence-electron chi connectivity index (χ1n) is 13.8. The summed E-state index contributed by atoms with van der Waals surface area (Å²) in [7, 11) is 0. The number of esters is 1. The van der Waals surface area contributed by atoms with Crippen LogP contribution in [0, 0.1) is 0 Å². The van der Waals surface area contributed by atoms with Crippen molar-refractivity contribution in [1.29, 1.82) is 0 Å². The topological polar surface area (TPSA) is 212 Å². The molecular weight excluding hydrogens is 595 g/mol. The molecule has 1 saturated heterocycles. The average molecular weight is 629 g/mol. The van der Waals surface area contributed by atoms with Gasteiger partial charge in [-0.2, -0.15) is 0 Å². The maximum absolute atomic E-state index is 14.2. The van der Waals surface area contributed by atoms with E-state index in [4.69, 9.17) is 9.84 Å². The molecule has 0 bridgehead atoms. The predicted octanol–water partition coefficient (Wildman–Crippen LogP) is -0.396. The van der Waals surface area contributed by atoms with Crippen LogP contribution in [0.2, 0.25) is 0 Å². The Bertz CT molecular complexity index is 1400. The van der Waals surface area contributed by atoms with Gasteiger partial charge in [-0.25, -0.2) is 18.8 Å². The van der Waals surface area contributed by atoms with Crippen LogP contribution in [0.3, 0.4) is 0 Å². The number of carboxylic acid groups (broad SMARTS) is 1. The van der Waals surface area contributed by atoms with Crippen LogP contribution in [0.15, 0.2) is 60.7 Å². The molecular formula is C29H33FN6O9. The molecule has 16 heteroatoms. The molecule has 15 nitrogen and oxygen atoms in total. The van der Waals surface area contributed by atoms with E-state index >= 15 is 0 Å². The third-order valence-electron chi connectivity index (χ3n) is 6.48. The quantitative estimate of drug-likeness (QED) is 0.150. The third kappa shape index (κ3) is 10.3. The van der Waals surface area contributed by atoms with Crippen LogP contribution < -0.4 is 26.6 Å². The number of carbonyl (C=O) groups is 7. The van der Waals surface area contributed by atoms with E-state index in [1.54, 1.807) is 66.0 Å². The molecule has 1 aliphatic heterocycles. The molecule has 2 aromatic carbocycles. The van der Waals surface area contributed by atoms with Crippen molar-refractivity contribution in [3.8, 4) is 0 Å². The first-order valence-corrected chi connectivity index (χ1v) is 13.8. The average Bonchev–Trinajstić information content (AvgIpc) is 3.01. The first kappa shape index (κ1) is 34.0. The van der Waals surface area contributed by atoms with Gasteiger partial charge in [0, 0.05) is 12.8 Å². The fourth-order valence-corrected chi connectivity index (χ4v) is 4.33. The number of alkyl halides is 1. The van der Waals surface area contributed by atoms with Gasteiger partial charge in [0.15, 0.2) is 6.17 Å². The van der Waals surface area contributed by atoms with Crippen LogP contribution in [0.1, 0.15) is 18.1 Å². The molecule has 0 radical (unpaired) electrons. The van der Waals surface area contributed by atoms with Gasteiger partial charge in [-0.05, 0) is 18.1 Å². The van der Waals surface area contributed by atoms with Gasteiger partial charge in [0.1, 0.15) is 18.6 Å². The zero-order valence-corrected chi connectivity index (χ0v) is 24.2. The van der Waals surface area contributed by atoms with Gasteiger partial charge >= 0.3 is 18.1 Å². The summed E-state index contributed by atoms with van der Waals surface area (Å²) in [6.45, 7) is -0.167. The lowest BCUT2D eigenvalue weighted by Crippen LogP contribution is -2.66. The van der Waals surface area contributed by atoms with Crippen LogP contribution in [0.5, 0.6) is 0 Å². The highest BCUT2D eigenvalue weighted by Gasteiger charge is 2.41. The fraction of sp³-hybridized carbons (Fsp3) is 0.345. The highest BCUT2D eigenvalue weighted by molar-refractivity contribution is 6.01. The van der Waals surface area contributed by atoms with Crippen LogP contribution in [-0.2, 0) is 41.6 Å². The number of carbonyl (C=O) groups excluding carboxylic acids is 6. The number of rotatable bonds is 14. The van der Waals surface area contributed by atoms with Gasteiger partial charge in [0.25, 0.3) is 5.91 Å². The number of nitrogens with one attached hydrogen (secondary N) is 5. The fourth-order valence-electron chi connectivity index (χ4n) is 4.33. The molecule has 1 heterocycles. The number of ether oxygens (including phenoxy) is 1. The number of imide groups is 1. The number of benzene rings is 2. The summed E-state index contributed by atoms with van der Waals surface area (Å²) < 4.78 is 19.2. The summed E-state index contributed by atoms with van der Waals surface area (Å²) >= 11 is 0. The maximum atomic E-state index is 14.2. The van der Waals surface area contributed by atoms with Crippen molar-refractivity contribution in [2.45, 2.75) is 44.2 Å². The molecule has 6 N–H and O–H groups in total. The van der Waals surface area contributed by atoms with Crippen molar-refractivity contribution >= 4 is 41.7 Å². The molecule has 0 saturated carbocycles. The van der Waals surface area contributed by atoms with Crippen molar-refractivity contribution in [3.63, 3.8) is 0 Å². The molecule has 1 unspecified atom stereocenters. The van der Waals surface area contributed by atoms with E-state index in [1.807, 2.05) is 5.32 Å². The van der Waals surface area contributed by atoms with Crippen LogP contribution >= 0.6 is 0 Å². The first-order chi connectivity index (χ1) is 21.5. The third-order valence-corrected chi connectivity index (χ3v) is 6.48. The van der Waals surface area contributed by atoms with E-state index in [1.165, 1.54) is 6.92 Å². The Morgan fingerprint density at radius 3 is 1.98 bits per heavy atom. The van der Waals surface area contributed by atoms with Crippen molar-refractivity contribution in [3.05, 3.63) is 71.8 Å². The Morgan fingerprint density at radius 2 is 1.44 bits per heavy atom. The van der Waals surface area contributed by atoms with Crippen molar-refractivity contribution in [1.82, 2.24) is 31.5 Å². The molecule has 7 amide bonds. The molecule has 1 fully saturated rings. The Morgan fingerprint density at radius 1 is 0.911 bits per heavy atom. The number of hydrogen-bond donors (Lipinski definition) is 6. The van der Waals surface area contributed by atoms with Crippen molar-refractivity contribution in [2.75, 3.05) is 19.7 Å². The molecule has 240 valence electrons. The Hall–Kier alpha value is -5.54. The lowest BCUT2D eigenvalue weighted by molar-refractivity contribution is -0.153. The van der Waals surface area contributed by atoms with Gasteiger partial charge in [-0.1, -0.05) is 60.7 Å². The number of halogens is 1. The second kappa shape index (κ2) is 16.3. The zero-order chi connectivity index (χ0) is 32.9. The normalized spacial score (nSPS) is 16.3. The Kier molecular flexibility index (Phi) is 12.3. The summed E-state index contributed by atoms with van der Waals surface area (Å²) in [5.74, 6) is -4.93. The van der Waals surface area contributed by atoms with Gasteiger partial charge in [-0.15, -0.1) is 0 Å². The number of nitrogens with zero attached hydrogens (tertiary/aromatic N) is 1. The molecule has 0 aliphatic carbocycles. The summed E-state index contributed by atoms with van der Waals surface area (Å²) in [5, 5.41) is 19.8. The van der Waals surface area contributed by atoms with Gasteiger partial charge in [0.2, 0.25) is 23.9 Å². The lowest BCUT2D eigenvalue weighted by atomic mass is 10.0. The number of hydrogen-bond acceptors (Lipinski definition) is 8. The summed E-state index contributed by atoms with van der Waals surface area (Å²) in [4.78, 5) is 88.1. The molecule has 4 atom stereocenters. The Balaban J connectivity index is 1.88. The van der Waals surface area contributed by atoms with Crippen LogP contribution in [0.25, 0.3) is 0 Å². The summed E-state index contributed by atoms with van der Waals surface area (Å²) in [5.41, 5.74) is 1.23. The van der Waals surface area contributed by atoms with E-state index in [9.17, 15) is 38.0 Å². The second-order valence-electron chi connectivity index (χ2n) is 9.80. The molecule has 45 heavy (non-hydrogen) atoms.